The Bertz CT molecular complexity index is 4990. The molecule has 0 amide bonds. The third kappa shape index (κ3) is 29.4. The van der Waals surface area contributed by atoms with Gasteiger partial charge in [-0.05, 0) is 137 Å². The number of halogens is 7. The molecular formula is C82H79Cl3F4N4O17S2. The predicted molar refractivity (Wildman–Crippen MR) is 422 cm³/mol. The van der Waals surface area contributed by atoms with Gasteiger partial charge < -0.3 is 29.8 Å². The molecule has 6 atom stereocenters. The number of carbonyl (C=O) groups is 6. The SMILES string of the molecule is CCOC(=O)C(Cl)c1ccccc1.CCOC(=O)C(c1ccccc1)c1ccc(N)c(F)c1.CCOC(=O)C(c1ccccc1)c1ccc(NS(C)(=O)=O)c(F)c1.CCOC(=O)C(c1ccccc1)c1ccc([N+](=O)[O-])c(F)c1.CS(=O)(=O)Nc1ccc(C(C(=O)O)c2ccccc2)cc1F.O=C(Cl)C(Cl)c1ccccc1. The Labute approximate surface area is 660 Å². The van der Waals surface area contributed by atoms with Crippen LogP contribution in [0.1, 0.15) is 118 Å². The number of alkyl halides is 2. The summed E-state index contributed by atoms with van der Waals surface area (Å²) in [6.07, 6.45) is 1.84. The number of carboxylic acid groups (broad SMARTS) is 1. The first-order valence-electron chi connectivity index (χ1n) is 33.9. The number of nitrogens with one attached hydrogen (secondary N) is 2. The fourth-order valence-electron chi connectivity index (χ4n) is 10.4. The maximum Gasteiger partial charge on any atom is 0.328 e. The summed E-state index contributed by atoms with van der Waals surface area (Å²) in [5.41, 5.74) is 10.0. The molecule has 10 aromatic rings. The van der Waals surface area contributed by atoms with Gasteiger partial charge in [0.1, 0.15) is 46.5 Å². The monoisotopic (exact) mass is 1640 g/mol. The number of ether oxygens (including phenoxy) is 4. The van der Waals surface area contributed by atoms with Gasteiger partial charge in [0.25, 0.3) is 0 Å². The van der Waals surface area contributed by atoms with Crippen LogP contribution < -0.4 is 15.2 Å². The number of rotatable bonds is 25. The standard InChI is InChI=1S/C17H18FNO4S.C16H14FNO4.C16H16FNO2.C15H14FNO4S.C10H11ClO2.C8H6Cl2O/c1-3-23-17(20)16(12-7-5-4-6-8-12)13-9-10-15(14(18)11-13)19-24(2,21)22;1-2-22-16(19)15(11-6-4-3-5-7-11)12-8-9-14(18(20)21)13(17)10-12;1-2-20-16(19)15(11-6-4-3-5-7-11)12-8-9-14(18)13(17)10-12;1-22(20,21)17-13-8-7-11(9-12(13)16)14(15(18)19)10-5-3-2-4-6-10;1-2-13-10(12)9(11)8-6-4-3-5-7-8;9-7(8(10)11)6-4-2-1-3-5-6/h4-11,16,19H,3H2,1-2H3;3-10,15H,2H2,1H3;3-10,15H,2,18H2,1H3;2-9,14,17H,1H3,(H,18,19);3-7,9H,2H2,1H3;1-5,7H. The molecule has 10 rings (SSSR count). The van der Waals surface area contributed by atoms with Crippen LogP contribution >= 0.6 is 34.8 Å². The summed E-state index contributed by atoms with van der Waals surface area (Å²) in [6, 6.07) is 68.7. The van der Waals surface area contributed by atoms with Crippen molar-refractivity contribution >= 4 is 113 Å². The third-order valence-corrected chi connectivity index (χ3v) is 17.7. The molecule has 0 aliphatic rings. The number of nitrogens with zero attached hydrogens (tertiary/aromatic N) is 1. The second-order valence-electron chi connectivity index (χ2n) is 23.5. The quantitative estimate of drug-likeness (QED) is 0.00604. The minimum atomic E-state index is -3.61. The van der Waals surface area contributed by atoms with Crippen molar-refractivity contribution in [2.24, 2.45) is 0 Å². The lowest BCUT2D eigenvalue weighted by Crippen LogP contribution is -2.18. The van der Waals surface area contributed by atoms with E-state index in [4.69, 9.17) is 59.5 Å². The van der Waals surface area contributed by atoms with E-state index in [1.165, 1.54) is 42.5 Å². The first-order chi connectivity index (χ1) is 53.2. The lowest BCUT2D eigenvalue weighted by atomic mass is 9.91. The van der Waals surface area contributed by atoms with Gasteiger partial charge >= 0.3 is 35.5 Å². The Hall–Kier alpha value is -11.5. The highest BCUT2D eigenvalue weighted by molar-refractivity contribution is 7.92. The Morgan fingerprint density at radius 2 is 0.670 bits per heavy atom. The van der Waals surface area contributed by atoms with Crippen LogP contribution in [0.5, 0.6) is 0 Å². The summed E-state index contributed by atoms with van der Waals surface area (Å²) in [5.74, 6) is -9.31. The third-order valence-electron chi connectivity index (χ3n) is 15.3. The van der Waals surface area contributed by atoms with E-state index in [9.17, 15) is 78.4 Å². The number of aliphatic carboxylic acids is 1. The highest BCUT2D eigenvalue weighted by atomic mass is 35.5. The minimum absolute atomic E-state index is 0.0596. The molecule has 590 valence electrons. The zero-order chi connectivity index (χ0) is 82.7. The maximum absolute atomic E-state index is 14.2. The molecule has 21 nitrogen and oxygen atoms in total. The molecule has 5 N–H and O–H groups in total. The number of nitro benzene ring substituents is 1. The first-order valence-corrected chi connectivity index (χ1v) is 39.0. The van der Waals surface area contributed by atoms with Gasteiger partial charge in [-0.25, -0.2) is 30.0 Å². The number of hydrogen-bond donors (Lipinski definition) is 4. The molecule has 0 heterocycles. The summed E-state index contributed by atoms with van der Waals surface area (Å²) in [6.45, 7) is 7.90. The summed E-state index contributed by atoms with van der Waals surface area (Å²) in [4.78, 5) is 79.8. The van der Waals surface area contributed by atoms with E-state index in [0.29, 0.717) is 40.0 Å². The van der Waals surface area contributed by atoms with Crippen LogP contribution in [-0.4, -0.2) is 101 Å². The van der Waals surface area contributed by atoms with E-state index in [0.717, 1.165) is 53.5 Å². The summed E-state index contributed by atoms with van der Waals surface area (Å²) < 4.78 is 125. The molecule has 0 aliphatic carbocycles. The largest absolute Gasteiger partial charge is 0.481 e. The van der Waals surface area contributed by atoms with Crippen LogP contribution in [0.4, 0.5) is 40.3 Å². The fraction of sp³-hybridized carbons (Fsp3) is 0.195. The molecule has 112 heavy (non-hydrogen) atoms. The Balaban J connectivity index is 0.000000244. The van der Waals surface area contributed by atoms with Crippen LogP contribution in [0.15, 0.2) is 255 Å². The first kappa shape index (κ1) is 91.1. The van der Waals surface area contributed by atoms with Crippen molar-refractivity contribution in [1.82, 2.24) is 0 Å². The van der Waals surface area contributed by atoms with E-state index in [-0.39, 0.29) is 42.4 Å². The number of nitro groups is 1. The number of nitrogen functional groups attached to an aromatic ring is 1. The number of nitrogens with two attached hydrogens (primary N) is 1. The molecule has 0 aliphatic heterocycles. The number of carbonyl (C=O) groups excluding carboxylic acids is 5. The normalized spacial score (nSPS) is 12.2. The number of esters is 4. The Morgan fingerprint density at radius 1 is 0.402 bits per heavy atom. The highest BCUT2D eigenvalue weighted by Gasteiger charge is 2.30. The van der Waals surface area contributed by atoms with Gasteiger partial charge in [0.05, 0.1) is 60.9 Å². The van der Waals surface area contributed by atoms with Gasteiger partial charge in [0, 0.05) is 6.07 Å². The van der Waals surface area contributed by atoms with E-state index >= 15 is 0 Å². The van der Waals surface area contributed by atoms with Crippen LogP contribution in [-0.2, 0) is 67.8 Å². The average Bonchev–Trinajstić information content (AvgIpc) is 0.806. The van der Waals surface area contributed by atoms with Gasteiger partial charge in [-0.15, -0.1) is 23.2 Å². The van der Waals surface area contributed by atoms with Crippen LogP contribution in [0, 0.1) is 33.4 Å². The number of benzene rings is 10. The molecule has 10 aromatic carbocycles. The lowest BCUT2D eigenvalue weighted by molar-refractivity contribution is -0.387. The smallest absolute Gasteiger partial charge is 0.328 e. The molecule has 0 spiro atoms. The number of anilines is 3. The second-order valence-corrected chi connectivity index (χ2v) is 28.3. The van der Waals surface area contributed by atoms with Gasteiger partial charge in [-0.2, -0.15) is 4.39 Å². The Kier molecular flexibility index (Phi) is 37.1. The van der Waals surface area contributed by atoms with Crippen LogP contribution in [0.2, 0.25) is 0 Å². The molecule has 0 aromatic heterocycles. The van der Waals surface area contributed by atoms with Crippen molar-refractivity contribution in [3.8, 4) is 0 Å². The van der Waals surface area contributed by atoms with Crippen molar-refractivity contribution in [2.45, 2.75) is 62.1 Å². The maximum atomic E-state index is 14.2. The van der Waals surface area contributed by atoms with Crippen molar-refractivity contribution in [2.75, 3.05) is 54.1 Å². The summed E-state index contributed by atoms with van der Waals surface area (Å²) in [7, 11) is -7.20. The summed E-state index contributed by atoms with van der Waals surface area (Å²) in [5, 5.41) is 18.1. The van der Waals surface area contributed by atoms with Gasteiger partial charge in [0.15, 0.2) is 5.38 Å². The zero-order valence-electron chi connectivity index (χ0n) is 61.0. The van der Waals surface area contributed by atoms with Crippen LogP contribution in [0.25, 0.3) is 0 Å². The van der Waals surface area contributed by atoms with E-state index in [1.54, 1.807) is 143 Å². The van der Waals surface area contributed by atoms with E-state index in [2.05, 4.69) is 4.72 Å². The van der Waals surface area contributed by atoms with Crippen molar-refractivity contribution in [1.29, 1.82) is 0 Å². The van der Waals surface area contributed by atoms with Crippen molar-refractivity contribution in [3.63, 3.8) is 0 Å². The number of carboxylic acids is 1. The molecule has 6 unspecified atom stereocenters. The molecular weight excluding hydrogens is 1560 g/mol. The highest BCUT2D eigenvalue weighted by Crippen LogP contribution is 2.34. The molecule has 0 fully saturated rings. The Morgan fingerprint density at radius 3 is 0.946 bits per heavy atom. The van der Waals surface area contributed by atoms with Crippen LogP contribution in [0.3, 0.4) is 0 Å². The molecule has 0 saturated carbocycles. The van der Waals surface area contributed by atoms with Crippen molar-refractivity contribution in [3.05, 3.63) is 344 Å². The molecule has 0 saturated heterocycles. The zero-order valence-corrected chi connectivity index (χ0v) is 64.9. The molecule has 0 radical (unpaired) electrons. The molecule has 30 heteroatoms. The average molecular weight is 1640 g/mol. The van der Waals surface area contributed by atoms with Crippen molar-refractivity contribution < 1.29 is 92.1 Å². The van der Waals surface area contributed by atoms with Gasteiger partial charge in [-0.1, -0.05) is 206 Å². The lowest BCUT2D eigenvalue weighted by Gasteiger charge is -2.17. The summed E-state index contributed by atoms with van der Waals surface area (Å²) >= 11 is 16.7. The molecule has 0 bridgehead atoms. The van der Waals surface area contributed by atoms with E-state index in [1.807, 2.05) is 77.5 Å². The predicted octanol–water partition coefficient (Wildman–Crippen LogP) is 17.1. The van der Waals surface area contributed by atoms with Gasteiger partial charge in [0.2, 0.25) is 31.1 Å². The number of sulfonamides is 2. The fourth-order valence-corrected chi connectivity index (χ4v) is 12.0. The second kappa shape index (κ2) is 45.6. The number of hydrogen-bond acceptors (Lipinski definition) is 17. The minimum Gasteiger partial charge on any atom is -0.481 e. The topological polar surface area (TPSA) is 321 Å². The van der Waals surface area contributed by atoms with E-state index < -0.39 is 123 Å². The van der Waals surface area contributed by atoms with Gasteiger partial charge in [-0.3, -0.25) is 48.3 Å².